The predicted octanol–water partition coefficient (Wildman–Crippen LogP) is -16.6. The van der Waals surface area contributed by atoms with Crippen LogP contribution in [0.3, 0.4) is 0 Å². The fraction of sp³-hybridized carbons (Fsp3) is 0.893. The van der Waals surface area contributed by atoms with Crippen molar-refractivity contribution in [2.75, 3.05) is 46.2 Å². The average molecular weight is 1480 g/mol. The summed E-state index contributed by atoms with van der Waals surface area (Å²) in [5.74, 6) is -14.8. The number of hydrogen-bond acceptors (Lipinski definition) is 39. The lowest BCUT2D eigenvalue weighted by Crippen LogP contribution is -2.71. The van der Waals surface area contributed by atoms with Gasteiger partial charge in [-0.25, -0.2) is 9.59 Å². The van der Waals surface area contributed by atoms with E-state index in [1.165, 1.54) is 6.92 Å². The van der Waals surface area contributed by atoms with Crippen LogP contribution in [0.1, 0.15) is 47.5 Å². The van der Waals surface area contributed by atoms with Crippen molar-refractivity contribution in [2.24, 2.45) is 0 Å². The molecule has 45 heteroatoms. The highest BCUT2D eigenvalue weighted by molar-refractivity contribution is 5.78. The number of carboxylic acid groups (broad SMARTS) is 2. The van der Waals surface area contributed by atoms with E-state index in [-0.39, 0.29) is 0 Å². The summed E-state index contributed by atoms with van der Waals surface area (Å²) in [5.41, 5.74) is 0. The number of amides is 4. The molecule has 0 radical (unpaired) electrons. The summed E-state index contributed by atoms with van der Waals surface area (Å²) in [6.45, 7) is -3.78. The van der Waals surface area contributed by atoms with E-state index >= 15 is 0 Å². The minimum Gasteiger partial charge on any atom is -0.477 e. The van der Waals surface area contributed by atoms with Gasteiger partial charge >= 0.3 is 11.9 Å². The van der Waals surface area contributed by atoms with Crippen molar-refractivity contribution in [1.82, 2.24) is 21.3 Å². The molecule has 0 aromatic heterocycles. The van der Waals surface area contributed by atoms with Crippen LogP contribution in [0.5, 0.6) is 0 Å². The van der Waals surface area contributed by atoms with Crippen molar-refractivity contribution in [3.8, 4) is 0 Å². The van der Waals surface area contributed by atoms with Gasteiger partial charge in [0, 0.05) is 40.5 Å². The van der Waals surface area contributed by atoms with Crippen LogP contribution in [0.4, 0.5) is 0 Å². The second-order valence-corrected chi connectivity index (χ2v) is 25.2. The number of carbonyl (C=O) groups excluding carboxylic acids is 4. The topological polar surface area (TPSA) is 727 Å². The molecule has 6 rings (SSSR count). The zero-order valence-corrected chi connectivity index (χ0v) is 54.6. The largest absolute Gasteiger partial charge is 0.477 e. The number of carboxylic acids is 2. The minimum atomic E-state index is -3.34. The Bertz CT molecular complexity index is 2700. The van der Waals surface area contributed by atoms with Crippen LogP contribution in [0.15, 0.2) is 0 Å². The van der Waals surface area contributed by atoms with E-state index in [4.69, 9.17) is 56.8 Å². The highest BCUT2D eigenvalue weighted by Gasteiger charge is 2.63. The van der Waals surface area contributed by atoms with E-state index in [9.17, 15) is 146 Å². The molecule has 36 atom stereocenters. The lowest BCUT2D eigenvalue weighted by molar-refractivity contribution is -0.391. The Kier molecular flexibility index (Phi) is 31.0. The summed E-state index contributed by atoms with van der Waals surface area (Å²) in [6, 6.07) is -7.47. The lowest BCUT2D eigenvalue weighted by atomic mass is 9.88. The summed E-state index contributed by atoms with van der Waals surface area (Å²) in [6.07, 6.45) is -68.9. The first-order chi connectivity index (χ1) is 47.3. The van der Waals surface area contributed by atoms with Gasteiger partial charge in [0.15, 0.2) is 25.2 Å². The third-order valence-corrected chi connectivity index (χ3v) is 17.7. The molecule has 0 unspecified atom stereocenters. The molecule has 0 aromatic rings. The first kappa shape index (κ1) is 85.4. The molecule has 6 fully saturated rings. The third kappa shape index (κ3) is 19.6. The summed E-state index contributed by atoms with van der Waals surface area (Å²) >= 11 is 0. The number of carbonyl (C=O) groups is 6. The van der Waals surface area contributed by atoms with Gasteiger partial charge in [-0.15, -0.1) is 0 Å². The summed E-state index contributed by atoms with van der Waals surface area (Å²) in [5, 5.41) is 261. The van der Waals surface area contributed by atoms with Crippen LogP contribution in [0.2, 0.25) is 0 Å². The second-order valence-electron chi connectivity index (χ2n) is 25.2. The monoisotopic (exact) mass is 1480 g/mol. The highest BCUT2D eigenvalue weighted by atomic mass is 16.8. The normalized spacial score (nSPS) is 41.6. The summed E-state index contributed by atoms with van der Waals surface area (Å²) < 4.78 is 70.0. The molecule has 0 aliphatic carbocycles. The number of hydrogen-bond donors (Lipinski definition) is 27. The lowest BCUT2D eigenvalue weighted by Gasteiger charge is -2.52. The Hall–Kier alpha value is -4.50. The van der Waals surface area contributed by atoms with E-state index in [1.54, 1.807) is 0 Å². The van der Waals surface area contributed by atoms with E-state index < -0.39 is 314 Å². The molecular weight excluding hydrogens is 1380 g/mol. The van der Waals surface area contributed by atoms with Crippen LogP contribution < -0.4 is 21.3 Å². The molecule has 45 nitrogen and oxygen atoms in total. The summed E-state index contributed by atoms with van der Waals surface area (Å²) in [4.78, 5) is 76.9. The molecule has 6 aliphatic heterocycles. The van der Waals surface area contributed by atoms with Crippen LogP contribution >= 0.6 is 0 Å². The van der Waals surface area contributed by atoms with Crippen LogP contribution in [0.25, 0.3) is 0 Å². The Morgan fingerprint density at radius 2 is 0.881 bits per heavy atom. The Morgan fingerprint density at radius 1 is 0.465 bits per heavy atom. The van der Waals surface area contributed by atoms with Gasteiger partial charge in [0.1, 0.15) is 146 Å². The smallest absolute Gasteiger partial charge is 0.364 e. The fourth-order valence-electron chi connectivity index (χ4n) is 12.5. The van der Waals surface area contributed by atoms with E-state index in [0.29, 0.717) is 0 Å². The molecule has 4 amide bonds. The van der Waals surface area contributed by atoms with Gasteiger partial charge in [-0.1, -0.05) is 0 Å². The molecule has 0 bridgehead atoms. The molecule has 6 heterocycles. The zero-order chi connectivity index (χ0) is 75.8. The molecule has 101 heavy (non-hydrogen) atoms. The Labute approximate surface area is 572 Å². The molecular formula is C56H94N4O41. The Balaban J connectivity index is 1.36. The molecule has 27 N–H and O–H groups in total. The SMILES string of the molecule is CC(=O)N[C@H]1[C@H](OC[C@@H](O)[C@H](O)[C@H](O[C@@H]2O[C@H](CO)[C@H](O)[C@H](O[C@]3(C(=O)O)C[C@H](O)[C@@H](NC(C)=O)[C@H]([C@H](O)[C@H](O)CO)O3)[C@H]2O)[C@H](CO)NC(C)=O)O[C@H](CO)[C@@H](O[C@@H]2O[C@@H](C)[C@@H](O)[C@@H](O)[C@@H]2O)[C@@H]1O[C@@H]1O[C@H](CO)[C@H](O)[C@H](O[C@]2(C(=O)O)C[C@H](O)[C@@H](NC(C)=O)[C@H]([C@H](O)[C@H](O)CO)O2)[C@H]1O. The zero-order valence-electron chi connectivity index (χ0n) is 54.6. The highest BCUT2D eigenvalue weighted by Crippen LogP contribution is 2.42. The van der Waals surface area contributed by atoms with E-state index in [2.05, 4.69) is 21.3 Å². The average Bonchev–Trinajstić information content (AvgIpc) is 0.758. The minimum absolute atomic E-state index is 0.878. The molecule has 0 spiro atoms. The number of aliphatic carboxylic acids is 2. The van der Waals surface area contributed by atoms with E-state index in [0.717, 1.165) is 27.7 Å². The maximum absolute atomic E-state index is 13.3. The van der Waals surface area contributed by atoms with Crippen molar-refractivity contribution < 1.29 is 203 Å². The van der Waals surface area contributed by atoms with Crippen molar-refractivity contribution in [1.29, 1.82) is 0 Å². The maximum Gasteiger partial charge on any atom is 0.364 e. The molecule has 0 saturated carbocycles. The molecule has 6 saturated heterocycles. The predicted molar refractivity (Wildman–Crippen MR) is 313 cm³/mol. The first-order valence-corrected chi connectivity index (χ1v) is 31.6. The van der Waals surface area contributed by atoms with Gasteiger partial charge in [-0.3, -0.25) is 19.2 Å². The van der Waals surface area contributed by atoms with Gasteiger partial charge in [-0.2, -0.15) is 0 Å². The van der Waals surface area contributed by atoms with Crippen molar-refractivity contribution >= 4 is 35.6 Å². The standard InChI is InChI=1S/C56H94N4O41/c1-15-32(76)38(82)39(83)50(91-15)96-43-28(13-66)94-49(31(60-19(5)70)46(43)97-52-41(85)48(37(81)27(12-65)93-52)101-56(54(88)89)7-22(72)30(59-18(4)69)45(99-56)34(78)24(74)10-63)90-14-25(75)35(79)42(20(8-61)57-16(2)67)95-51-40(84)47(36(80)26(11-64)92-51)100-55(53(86)87)6-21(71)29(58-17(3)68)44(98-55)33(77)23(73)9-62/h15,20-52,61-66,71-85H,6-14H2,1-5H3,(H,57,67)(H,58,68)(H,59,69)(H,60,70)(H,86,87)(H,88,89)/t15-,20-,21-,22-,23+,24+,25+,26+,27+,28+,29+,30+,31+,32+,33+,34+,35-,36-,37-,38+,39-,40+,41+,42+,43+,44+,45+,46+,47-,48-,49+,50-,51-,52-,55-,56-/m0/s1. The van der Waals surface area contributed by atoms with Gasteiger partial charge in [0.25, 0.3) is 11.6 Å². The molecule has 584 valence electrons. The number of aliphatic hydroxyl groups excluding tert-OH is 21. The van der Waals surface area contributed by atoms with Gasteiger partial charge in [0.05, 0.1) is 82.7 Å². The number of aliphatic hydroxyl groups is 21. The summed E-state index contributed by atoms with van der Waals surface area (Å²) in [7, 11) is 0. The van der Waals surface area contributed by atoms with Gasteiger partial charge in [-0.05, 0) is 6.92 Å². The quantitative estimate of drug-likeness (QED) is 0.0297. The number of nitrogens with one attached hydrogen (secondary N) is 4. The van der Waals surface area contributed by atoms with Crippen LogP contribution in [0, 0.1) is 0 Å². The van der Waals surface area contributed by atoms with Crippen molar-refractivity contribution in [2.45, 2.75) is 267 Å². The fourth-order valence-corrected chi connectivity index (χ4v) is 12.5. The maximum atomic E-state index is 13.3. The molecule has 0 aromatic carbocycles. The Morgan fingerprint density at radius 3 is 1.30 bits per heavy atom. The van der Waals surface area contributed by atoms with Crippen molar-refractivity contribution in [3.63, 3.8) is 0 Å². The van der Waals surface area contributed by atoms with Gasteiger partial charge in [0.2, 0.25) is 23.6 Å². The van der Waals surface area contributed by atoms with Crippen LogP contribution in [-0.2, 0) is 85.6 Å². The van der Waals surface area contributed by atoms with E-state index in [1.807, 2.05) is 0 Å². The number of rotatable bonds is 32. The first-order valence-electron chi connectivity index (χ1n) is 31.6. The second kappa shape index (κ2) is 36.7. The third-order valence-electron chi connectivity index (χ3n) is 17.7. The van der Waals surface area contributed by atoms with Crippen molar-refractivity contribution in [3.05, 3.63) is 0 Å². The number of ether oxygens (including phenoxy) is 12. The molecule has 6 aliphatic rings. The van der Waals surface area contributed by atoms with Crippen LogP contribution in [-0.4, -0.2) is 419 Å². The van der Waals surface area contributed by atoms with Gasteiger partial charge < -0.3 is 196 Å².